The van der Waals surface area contributed by atoms with Crippen LogP contribution in [0.15, 0.2) is 42.2 Å². The molecule has 27 heavy (non-hydrogen) atoms. The fraction of sp³-hybridized carbons (Fsp3) is 0.381. The van der Waals surface area contributed by atoms with E-state index in [9.17, 15) is 4.79 Å². The van der Waals surface area contributed by atoms with Crippen molar-refractivity contribution in [1.82, 2.24) is 9.97 Å². The van der Waals surface area contributed by atoms with Gasteiger partial charge in [-0.25, -0.2) is 9.97 Å². The number of rotatable bonds is 7. The van der Waals surface area contributed by atoms with Gasteiger partial charge < -0.3 is 15.4 Å². The van der Waals surface area contributed by atoms with Gasteiger partial charge >= 0.3 is 0 Å². The van der Waals surface area contributed by atoms with Crippen LogP contribution in [0.2, 0.25) is 0 Å². The van der Waals surface area contributed by atoms with Gasteiger partial charge in [0.2, 0.25) is 0 Å². The summed E-state index contributed by atoms with van der Waals surface area (Å²) >= 11 is 0. The number of nitrogens with one attached hydrogen (secondary N) is 2. The number of benzene rings is 1. The Balaban J connectivity index is 1.55. The zero-order valence-corrected chi connectivity index (χ0v) is 15.9. The molecule has 1 aromatic carbocycles. The first kappa shape index (κ1) is 18.9. The van der Waals surface area contributed by atoms with Gasteiger partial charge in [-0.2, -0.15) is 0 Å². The highest BCUT2D eigenvalue weighted by molar-refractivity contribution is 6.03. The van der Waals surface area contributed by atoms with Gasteiger partial charge in [-0.1, -0.05) is 17.7 Å². The second-order valence-corrected chi connectivity index (χ2v) is 6.73. The number of hydrogen-bond acceptors (Lipinski definition) is 5. The number of carbonyl (C=O) groups excluding carboxylic acids is 1. The lowest BCUT2D eigenvalue weighted by atomic mass is 9.97. The molecule has 0 saturated heterocycles. The molecule has 1 heterocycles. The summed E-state index contributed by atoms with van der Waals surface area (Å²) < 4.78 is 5.29. The average molecular weight is 366 g/mol. The summed E-state index contributed by atoms with van der Waals surface area (Å²) in [6.07, 6.45) is 11.5. The first-order chi connectivity index (χ1) is 13.2. The minimum absolute atomic E-state index is 0.263. The molecule has 0 bridgehead atoms. The zero-order chi connectivity index (χ0) is 19.1. The third-order valence-corrected chi connectivity index (χ3v) is 4.62. The number of anilines is 2. The molecule has 2 aromatic rings. The van der Waals surface area contributed by atoms with Crippen LogP contribution in [0.3, 0.4) is 0 Å². The van der Waals surface area contributed by atoms with Gasteiger partial charge in [0.1, 0.15) is 17.3 Å². The van der Waals surface area contributed by atoms with Crippen molar-refractivity contribution in [1.29, 1.82) is 0 Å². The number of ether oxygens (including phenoxy) is 1. The van der Waals surface area contributed by atoms with E-state index in [0.717, 1.165) is 18.5 Å². The Labute approximate surface area is 160 Å². The Morgan fingerprint density at radius 3 is 2.81 bits per heavy atom. The fourth-order valence-electron chi connectivity index (χ4n) is 3.13. The minimum Gasteiger partial charge on any atom is -0.495 e. The van der Waals surface area contributed by atoms with E-state index in [2.05, 4.69) is 26.7 Å². The van der Waals surface area contributed by atoms with E-state index in [1.807, 2.05) is 25.1 Å². The third kappa shape index (κ3) is 5.29. The van der Waals surface area contributed by atoms with Crippen LogP contribution in [0.5, 0.6) is 5.75 Å². The number of aryl methyl sites for hydroxylation is 1. The van der Waals surface area contributed by atoms with E-state index >= 15 is 0 Å². The zero-order valence-electron chi connectivity index (χ0n) is 15.9. The van der Waals surface area contributed by atoms with E-state index in [0.29, 0.717) is 17.3 Å². The number of amides is 1. The van der Waals surface area contributed by atoms with Crippen molar-refractivity contribution in [2.45, 2.75) is 39.0 Å². The molecule has 1 aromatic heterocycles. The van der Waals surface area contributed by atoms with Crippen LogP contribution in [0.25, 0.3) is 0 Å². The molecule has 3 rings (SSSR count). The SMILES string of the molecule is COc1ccc(C)cc1NC(=O)c1cnc(NCCC2=CCCCC2)cn1. The van der Waals surface area contributed by atoms with E-state index in [-0.39, 0.29) is 11.6 Å². The van der Waals surface area contributed by atoms with Crippen molar-refractivity contribution in [3.05, 3.63) is 53.5 Å². The molecule has 0 radical (unpaired) electrons. The van der Waals surface area contributed by atoms with Gasteiger partial charge in [0, 0.05) is 6.54 Å². The van der Waals surface area contributed by atoms with E-state index < -0.39 is 0 Å². The largest absolute Gasteiger partial charge is 0.495 e. The van der Waals surface area contributed by atoms with Crippen molar-refractivity contribution < 1.29 is 9.53 Å². The summed E-state index contributed by atoms with van der Waals surface area (Å²) in [7, 11) is 1.57. The lowest BCUT2D eigenvalue weighted by Crippen LogP contribution is -2.15. The third-order valence-electron chi connectivity index (χ3n) is 4.62. The molecule has 1 aliphatic carbocycles. The molecule has 0 aliphatic heterocycles. The Morgan fingerprint density at radius 2 is 2.11 bits per heavy atom. The Kier molecular flexibility index (Phi) is 6.41. The molecule has 6 nitrogen and oxygen atoms in total. The molecule has 0 spiro atoms. The number of methoxy groups -OCH3 is 1. The molecule has 6 heteroatoms. The number of aromatic nitrogens is 2. The maximum absolute atomic E-state index is 12.4. The highest BCUT2D eigenvalue weighted by Crippen LogP contribution is 2.25. The first-order valence-corrected chi connectivity index (χ1v) is 9.35. The molecule has 0 unspecified atom stereocenters. The summed E-state index contributed by atoms with van der Waals surface area (Å²) in [6, 6.07) is 5.61. The van der Waals surface area contributed by atoms with Crippen molar-refractivity contribution in [3.8, 4) is 5.75 Å². The number of nitrogens with zero attached hydrogens (tertiary/aromatic N) is 2. The smallest absolute Gasteiger partial charge is 0.275 e. The second kappa shape index (κ2) is 9.16. The molecule has 0 fully saturated rings. The highest BCUT2D eigenvalue weighted by Gasteiger charge is 2.12. The topological polar surface area (TPSA) is 76.1 Å². The molecule has 142 valence electrons. The molecule has 1 aliphatic rings. The normalized spacial score (nSPS) is 13.6. The Hall–Kier alpha value is -2.89. The number of hydrogen-bond donors (Lipinski definition) is 2. The maximum Gasteiger partial charge on any atom is 0.275 e. The monoisotopic (exact) mass is 366 g/mol. The predicted molar refractivity (Wildman–Crippen MR) is 107 cm³/mol. The summed E-state index contributed by atoms with van der Waals surface area (Å²) in [5.41, 5.74) is 3.43. The van der Waals surface area contributed by atoms with Crippen molar-refractivity contribution in [2.24, 2.45) is 0 Å². The fourth-order valence-corrected chi connectivity index (χ4v) is 3.13. The van der Waals surface area contributed by atoms with Crippen LogP contribution in [0.1, 0.15) is 48.2 Å². The lowest BCUT2D eigenvalue weighted by Gasteiger charge is -2.13. The Morgan fingerprint density at radius 1 is 1.22 bits per heavy atom. The van der Waals surface area contributed by atoms with Crippen LogP contribution in [0, 0.1) is 6.92 Å². The summed E-state index contributed by atoms with van der Waals surface area (Å²) in [4.78, 5) is 21.0. The van der Waals surface area contributed by atoms with Crippen molar-refractivity contribution in [2.75, 3.05) is 24.3 Å². The average Bonchev–Trinajstić information content (AvgIpc) is 2.69. The van der Waals surface area contributed by atoms with Gasteiger partial charge in [-0.05, 0) is 56.7 Å². The summed E-state index contributed by atoms with van der Waals surface area (Å²) in [6.45, 7) is 2.78. The van der Waals surface area contributed by atoms with Crippen LogP contribution >= 0.6 is 0 Å². The van der Waals surface area contributed by atoms with Crippen LogP contribution in [0.4, 0.5) is 11.5 Å². The van der Waals surface area contributed by atoms with Gasteiger partial charge in [-0.15, -0.1) is 0 Å². The molecular weight excluding hydrogens is 340 g/mol. The first-order valence-electron chi connectivity index (χ1n) is 9.35. The van der Waals surface area contributed by atoms with Gasteiger partial charge in [0.05, 0.1) is 25.2 Å². The van der Waals surface area contributed by atoms with Crippen molar-refractivity contribution in [3.63, 3.8) is 0 Å². The standard InChI is InChI=1S/C21H26N4O2/c1-15-8-9-19(27-2)17(12-15)25-21(26)18-13-24-20(14-23-18)22-11-10-16-6-4-3-5-7-16/h6,8-9,12-14H,3-5,7,10-11H2,1-2H3,(H,22,24)(H,25,26). The van der Waals surface area contributed by atoms with E-state index in [1.54, 1.807) is 13.3 Å². The van der Waals surface area contributed by atoms with E-state index in [1.165, 1.54) is 37.5 Å². The van der Waals surface area contributed by atoms with Crippen molar-refractivity contribution >= 4 is 17.4 Å². The predicted octanol–water partition coefficient (Wildman–Crippen LogP) is 4.35. The van der Waals surface area contributed by atoms with Crippen LogP contribution in [-0.2, 0) is 0 Å². The van der Waals surface area contributed by atoms with Gasteiger partial charge in [-0.3, -0.25) is 4.79 Å². The lowest BCUT2D eigenvalue weighted by molar-refractivity contribution is 0.102. The van der Waals surface area contributed by atoms with Crippen LogP contribution in [-0.4, -0.2) is 29.5 Å². The van der Waals surface area contributed by atoms with Crippen LogP contribution < -0.4 is 15.4 Å². The molecule has 1 amide bonds. The molecule has 0 atom stereocenters. The van der Waals surface area contributed by atoms with Gasteiger partial charge in [0.15, 0.2) is 0 Å². The highest BCUT2D eigenvalue weighted by atomic mass is 16.5. The molecular formula is C21H26N4O2. The summed E-state index contributed by atoms with van der Waals surface area (Å²) in [5, 5.41) is 6.10. The molecule has 2 N–H and O–H groups in total. The Bertz CT molecular complexity index is 815. The summed E-state index contributed by atoms with van der Waals surface area (Å²) in [5.74, 6) is 0.971. The number of allylic oxidation sites excluding steroid dienone is 1. The maximum atomic E-state index is 12.4. The van der Waals surface area contributed by atoms with Gasteiger partial charge in [0.25, 0.3) is 5.91 Å². The second-order valence-electron chi connectivity index (χ2n) is 6.73. The number of carbonyl (C=O) groups is 1. The minimum atomic E-state index is -0.315. The molecule has 0 saturated carbocycles. The quantitative estimate of drug-likeness (QED) is 0.713. The van der Waals surface area contributed by atoms with E-state index in [4.69, 9.17) is 4.74 Å².